The molecular weight excluding hydrogens is 923 g/mol. The van der Waals surface area contributed by atoms with E-state index in [4.69, 9.17) is 46.7 Å². The highest BCUT2D eigenvalue weighted by Crippen LogP contribution is 2.37. The molecule has 19 heteroatoms. The second-order valence-electron chi connectivity index (χ2n) is 17.3. The van der Waals surface area contributed by atoms with Crippen molar-refractivity contribution in [2.75, 3.05) is 38.3 Å². The third-order valence-corrected chi connectivity index (χ3v) is 13.3. The van der Waals surface area contributed by atoms with E-state index >= 15 is 4.39 Å². The molecule has 2 saturated heterocycles. The molecule has 4 aliphatic heterocycles. The number of fused-ring (bicyclic) bond motifs is 4. The highest BCUT2D eigenvalue weighted by molar-refractivity contribution is 6.30. The lowest BCUT2D eigenvalue weighted by Crippen LogP contribution is -2.39. The molecule has 364 valence electrons. The molecule has 2 fully saturated rings. The minimum Gasteiger partial charge on any atom is -0.404 e. The quantitative estimate of drug-likeness (QED) is 0.153. The highest BCUT2D eigenvalue weighted by Gasteiger charge is 2.31. The first-order valence-corrected chi connectivity index (χ1v) is 24.0. The first kappa shape index (κ1) is 48.3. The van der Waals surface area contributed by atoms with Crippen LogP contribution in [-0.2, 0) is 42.5 Å². The van der Waals surface area contributed by atoms with E-state index in [1.807, 2.05) is 38.1 Å². The zero-order valence-corrected chi connectivity index (χ0v) is 40.1. The van der Waals surface area contributed by atoms with E-state index in [1.165, 1.54) is 24.4 Å². The number of morpholine rings is 1. The number of hydrogen-bond acceptors (Lipinski definition) is 12. The number of ether oxygens (including phenoxy) is 2. The molecule has 2 N–H and O–H groups in total. The maximum atomic E-state index is 15.0. The molecule has 11 rings (SSSR count). The summed E-state index contributed by atoms with van der Waals surface area (Å²) >= 11 is 5.99. The standard InChI is InChI=1S/C25H25ClFN5O2.C24H22F2N6O2.C2H6/c1-29-13-15(12-28)21-9-14(6-8-34-21)20-11-18-24(31-22-3-2-7-32(22)25(18)33)23(30-20)17-5-4-16(26)10-19(17)27;1-30-12-14(11-27-30)19-13-31(7-8-34-19)21-10-17-23(28-20-3-2-6-32(20)24(17)33)22(29-21)16-5-4-15(25)9-18(16)26;1-2/h4-5,10-14,21H,2-3,6-9,28H2,1H3;4-5,9-12,19H,2-3,6-8,13H2,1H3;1-2H3/b15-12+,29-13?;;/t;19-;/m.1./s1. The van der Waals surface area contributed by atoms with Gasteiger partial charge in [0.25, 0.3) is 11.1 Å². The Balaban J connectivity index is 0.000000168. The smallest absolute Gasteiger partial charge is 0.261 e. The van der Waals surface area contributed by atoms with Crippen LogP contribution in [0, 0.1) is 17.5 Å². The molecule has 15 nitrogen and oxygen atoms in total. The van der Waals surface area contributed by atoms with Crippen LogP contribution in [0.1, 0.15) is 74.5 Å². The fourth-order valence-electron chi connectivity index (χ4n) is 9.63. The topological polar surface area (TPSA) is 173 Å². The molecule has 0 amide bonds. The molecule has 3 atom stereocenters. The van der Waals surface area contributed by atoms with Crippen LogP contribution in [0.3, 0.4) is 0 Å². The monoisotopic (exact) mass is 975 g/mol. The zero-order valence-electron chi connectivity index (χ0n) is 39.3. The summed E-state index contributed by atoms with van der Waals surface area (Å²) in [6, 6.07) is 11.4. The number of anilines is 1. The molecule has 9 heterocycles. The van der Waals surface area contributed by atoms with Crippen LogP contribution < -0.4 is 21.8 Å². The number of aryl methyl sites for hydroxylation is 3. The Bertz CT molecular complexity index is 3300. The summed E-state index contributed by atoms with van der Waals surface area (Å²) < 4.78 is 60.5. The molecule has 0 radical (unpaired) electrons. The van der Waals surface area contributed by atoms with Crippen molar-refractivity contribution in [1.29, 1.82) is 0 Å². The lowest BCUT2D eigenvalue weighted by atomic mass is 9.88. The van der Waals surface area contributed by atoms with Crippen LogP contribution in [0.5, 0.6) is 0 Å². The fourth-order valence-corrected chi connectivity index (χ4v) is 9.79. The average Bonchev–Trinajstić information content (AvgIpc) is 4.16. The van der Waals surface area contributed by atoms with Gasteiger partial charge < -0.3 is 20.1 Å². The van der Waals surface area contributed by atoms with Crippen molar-refractivity contribution in [2.24, 2.45) is 17.8 Å². The molecule has 70 heavy (non-hydrogen) atoms. The Labute approximate surface area is 406 Å². The number of benzene rings is 2. The van der Waals surface area contributed by atoms with Gasteiger partial charge in [-0.1, -0.05) is 25.4 Å². The number of rotatable bonds is 7. The molecule has 2 aromatic carbocycles. The van der Waals surface area contributed by atoms with Crippen LogP contribution in [0.15, 0.2) is 87.3 Å². The molecule has 4 aliphatic rings. The minimum atomic E-state index is -0.747. The number of hydrogen-bond donors (Lipinski definition) is 1. The van der Waals surface area contributed by atoms with Gasteiger partial charge in [0, 0.05) is 123 Å². The van der Waals surface area contributed by atoms with Gasteiger partial charge in [-0.15, -0.1) is 0 Å². The number of pyridine rings is 2. The summed E-state index contributed by atoms with van der Waals surface area (Å²) in [6.45, 7) is 7.27. The summed E-state index contributed by atoms with van der Waals surface area (Å²) in [6.07, 6.45) is 10.8. The van der Waals surface area contributed by atoms with Crippen LogP contribution >= 0.6 is 11.6 Å². The normalized spacial score (nSPS) is 18.9. The summed E-state index contributed by atoms with van der Waals surface area (Å²) in [5.41, 5.74) is 9.71. The average molecular weight is 977 g/mol. The van der Waals surface area contributed by atoms with Crippen molar-refractivity contribution < 1.29 is 22.6 Å². The van der Waals surface area contributed by atoms with Gasteiger partial charge in [-0.2, -0.15) is 5.10 Å². The molecule has 0 aliphatic carbocycles. The Kier molecular flexibility index (Phi) is 14.3. The third kappa shape index (κ3) is 9.46. The third-order valence-electron chi connectivity index (χ3n) is 13.0. The van der Waals surface area contributed by atoms with Crippen molar-refractivity contribution in [3.05, 3.63) is 139 Å². The number of halogens is 4. The largest absolute Gasteiger partial charge is 0.404 e. The minimum absolute atomic E-state index is 0.00452. The summed E-state index contributed by atoms with van der Waals surface area (Å²) in [4.78, 5) is 51.9. The maximum absolute atomic E-state index is 15.0. The molecule has 0 saturated carbocycles. The number of aliphatic imine (C=N–C) groups is 1. The van der Waals surface area contributed by atoms with Gasteiger partial charge in [-0.05, 0) is 68.1 Å². The van der Waals surface area contributed by atoms with E-state index in [2.05, 4.69) is 10.1 Å². The van der Waals surface area contributed by atoms with E-state index < -0.39 is 17.5 Å². The molecule has 7 aromatic rings. The van der Waals surface area contributed by atoms with Gasteiger partial charge in [0.2, 0.25) is 0 Å². The van der Waals surface area contributed by atoms with Crippen LogP contribution in [0.25, 0.3) is 44.3 Å². The van der Waals surface area contributed by atoms with E-state index in [1.54, 1.807) is 51.5 Å². The van der Waals surface area contributed by atoms with Crippen LogP contribution in [0.4, 0.5) is 19.0 Å². The van der Waals surface area contributed by atoms with Crippen LogP contribution in [-0.4, -0.2) is 84.5 Å². The predicted octanol–water partition coefficient (Wildman–Crippen LogP) is 8.02. The van der Waals surface area contributed by atoms with Crippen molar-refractivity contribution in [2.45, 2.75) is 83.6 Å². The summed E-state index contributed by atoms with van der Waals surface area (Å²) in [5, 5.41) is 5.34. The van der Waals surface area contributed by atoms with Crippen molar-refractivity contribution in [3.63, 3.8) is 0 Å². The number of nitrogens with zero attached hydrogens (tertiary/aromatic N) is 10. The number of aromatic nitrogens is 8. The number of nitrogens with two attached hydrogens (primary N) is 1. The van der Waals surface area contributed by atoms with Crippen molar-refractivity contribution in [3.8, 4) is 22.5 Å². The Morgan fingerprint density at radius 3 is 2.11 bits per heavy atom. The lowest BCUT2D eigenvalue weighted by Gasteiger charge is -2.33. The molecule has 5 aromatic heterocycles. The molecule has 0 bridgehead atoms. The molecule has 2 unspecified atom stereocenters. The van der Waals surface area contributed by atoms with E-state index in [-0.39, 0.29) is 46.1 Å². The Morgan fingerprint density at radius 2 is 1.49 bits per heavy atom. The summed E-state index contributed by atoms with van der Waals surface area (Å²) in [5.74, 6) is -0.0231. The molecule has 0 spiro atoms. The first-order chi connectivity index (χ1) is 34.0. The van der Waals surface area contributed by atoms with E-state index in [0.717, 1.165) is 36.5 Å². The SMILES string of the molecule is CC.CN=C/C(=C\N)C1CC(c2cc3c(=O)n4c(nc3c(-c3ccc(Cl)cc3F)n2)CCC4)CCO1.Cn1cc([C@H]2CN(c3cc4c(=O)n5c(nc4c(-c4ccc(F)cc4F)n3)CCC5)CCO2)cn1. The first-order valence-electron chi connectivity index (χ1n) is 23.6. The Hall–Kier alpha value is -6.76. The predicted molar refractivity (Wildman–Crippen MR) is 264 cm³/mol. The zero-order chi connectivity index (χ0) is 49.2. The van der Waals surface area contributed by atoms with Gasteiger partial charge in [-0.3, -0.25) is 33.4 Å². The van der Waals surface area contributed by atoms with Crippen molar-refractivity contribution in [1.82, 2.24) is 38.9 Å². The molecular formula is C51H53ClF3N11O4. The van der Waals surface area contributed by atoms with Gasteiger partial charge in [0.15, 0.2) is 0 Å². The lowest BCUT2D eigenvalue weighted by molar-refractivity contribution is 0.0321. The van der Waals surface area contributed by atoms with E-state index in [9.17, 15) is 18.4 Å². The fraction of sp³-hybridized carbons (Fsp3) is 0.373. The van der Waals surface area contributed by atoms with Gasteiger partial charge >= 0.3 is 0 Å². The highest BCUT2D eigenvalue weighted by atomic mass is 35.5. The van der Waals surface area contributed by atoms with E-state index in [0.29, 0.717) is 114 Å². The van der Waals surface area contributed by atoms with Gasteiger partial charge in [-0.25, -0.2) is 28.1 Å². The van der Waals surface area contributed by atoms with Gasteiger partial charge in [0.1, 0.15) is 57.7 Å². The maximum Gasteiger partial charge on any atom is 0.261 e. The summed E-state index contributed by atoms with van der Waals surface area (Å²) in [7, 11) is 3.53. The van der Waals surface area contributed by atoms with Crippen molar-refractivity contribution >= 4 is 45.4 Å². The van der Waals surface area contributed by atoms with Crippen LogP contribution in [0.2, 0.25) is 5.02 Å². The second-order valence-corrected chi connectivity index (χ2v) is 17.8. The second kappa shape index (κ2) is 20.7. The Morgan fingerprint density at radius 1 is 0.829 bits per heavy atom. The van der Waals surface area contributed by atoms with Gasteiger partial charge in [0.05, 0.1) is 35.4 Å².